The number of benzene rings is 1. The van der Waals surface area contributed by atoms with Crippen molar-refractivity contribution < 1.29 is 13.2 Å². The van der Waals surface area contributed by atoms with Gasteiger partial charge in [-0.3, -0.25) is 4.79 Å². The normalized spacial score (nSPS) is 11.4. The molecule has 0 fully saturated rings. The van der Waals surface area contributed by atoms with Crippen molar-refractivity contribution in [3.63, 3.8) is 0 Å². The minimum absolute atomic E-state index is 0.116. The molecule has 0 bridgehead atoms. The second-order valence-corrected chi connectivity index (χ2v) is 6.02. The molecular weight excluding hydrogens is 266 g/mol. The zero-order chi connectivity index (χ0) is 14.5. The first-order valence-electron chi connectivity index (χ1n) is 5.97. The van der Waals surface area contributed by atoms with Gasteiger partial charge >= 0.3 is 0 Å². The van der Waals surface area contributed by atoms with Gasteiger partial charge in [-0.15, -0.1) is 0 Å². The summed E-state index contributed by atoms with van der Waals surface area (Å²) < 4.78 is 26.6. The number of nitrogens with two attached hydrogens (primary N) is 2. The number of nitrogen functional groups attached to an aromatic ring is 1. The average molecular weight is 285 g/mol. The van der Waals surface area contributed by atoms with Gasteiger partial charge in [-0.1, -0.05) is 12.1 Å². The van der Waals surface area contributed by atoms with Crippen LogP contribution in [0, 0.1) is 6.92 Å². The van der Waals surface area contributed by atoms with Crippen molar-refractivity contribution in [2.24, 2.45) is 5.73 Å². The molecule has 0 heterocycles. The Morgan fingerprint density at radius 1 is 1.32 bits per heavy atom. The van der Waals surface area contributed by atoms with E-state index in [0.717, 1.165) is 0 Å². The maximum atomic E-state index is 12.1. The molecule has 0 aliphatic rings. The van der Waals surface area contributed by atoms with Crippen LogP contribution in [-0.4, -0.2) is 20.9 Å². The molecular formula is C12H19N3O3S. The van der Waals surface area contributed by atoms with Crippen LogP contribution < -0.4 is 16.2 Å². The molecule has 0 spiro atoms. The number of carbonyl (C=O) groups is 1. The Morgan fingerprint density at radius 2 is 2.00 bits per heavy atom. The van der Waals surface area contributed by atoms with Crippen LogP contribution in [0.2, 0.25) is 0 Å². The summed E-state index contributed by atoms with van der Waals surface area (Å²) in [4.78, 5) is 10.7. The van der Waals surface area contributed by atoms with Crippen LogP contribution in [0.25, 0.3) is 0 Å². The van der Waals surface area contributed by atoms with Crippen molar-refractivity contribution in [2.45, 2.75) is 31.1 Å². The number of sulfonamides is 1. The standard InChI is InChI=1S/C12H19N3O3S/c1-9-5-4-6-10(13)12(9)19(17,18)15-8-3-2-7-11(14)16/h4-6,15H,2-3,7-8,13H2,1H3,(H2,14,16). The number of rotatable bonds is 7. The van der Waals surface area contributed by atoms with Crippen molar-refractivity contribution >= 4 is 21.6 Å². The van der Waals surface area contributed by atoms with E-state index in [9.17, 15) is 13.2 Å². The van der Waals surface area contributed by atoms with E-state index < -0.39 is 10.0 Å². The van der Waals surface area contributed by atoms with E-state index in [1.54, 1.807) is 25.1 Å². The molecule has 6 nitrogen and oxygen atoms in total. The fourth-order valence-corrected chi connectivity index (χ4v) is 3.17. The van der Waals surface area contributed by atoms with E-state index in [1.807, 2.05) is 0 Å². The first-order chi connectivity index (χ1) is 8.84. The Hall–Kier alpha value is -1.60. The number of hydrogen-bond donors (Lipinski definition) is 3. The average Bonchev–Trinajstić information content (AvgIpc) is 2.27. The van der Waals surface area contributed by atoms with Crippen molar-refractivity contribution in [3.05, 3.63) is 23.8 Å². The van der Waals surface area contributed by atoms with E-state index in [2.05, 4.69) is 4.72 Å². The van der Waals surface area contributed by atoms with E-state index in [0.29, 0.717) is 18.4 Å². The van der Waals surface area contributed by atoms with E-state index in [1.165, 1.54) is 0 Å². The smallest absolute Gasteiger partial charge is 0.242 e. The SMILES string of the molecule is Cc1cccc(N)c1S(=O)(=O)NCCCCC(N)=O. The molecule has 7 heteroatoms. The first-order valence-corrected chi connectivity index (χ1v) is 7.46. The Balaban J connectivity index is 2.64. The van der Waals surface area contributed by atoms with Crippen LogP contribution in [0.1, 0.15) is 24.8 Å². The molecule has 0 atom stereocenters. The van der Waals surface area contributed by atoms with Gasteiger partial charge in [0, 0.05) is 13.0 Å². The third-order valence-electron chi connectivity index (χ3n) is 2.65. The lowest BCUT2D eigenvalue weighted by Crippen LogP contribution is -2.26. The Bertz CT molecular complexity index is 535. The molecule has 1 aromatic rings. The highest BCUT2D eigenvalue weighted by Crippen LogP contribution is 2.21. The number of aryl methyl sites for hydroxylation is 1. The van der Waals surface area contributed by atoms with Gasteiger partial charge in [-0.25, -0.2) is 13.1 Å². The number of anilines is 1. The van der Waals surface area contributed by atoms with E-state index in [4.69, 9.17) is 11.5 Å². The van der Waals surface area contributed by atoms with Crippen molar-refractivity contribution in [1.29, 1.82) is 0 Å². The topological polar surface area (TPSA) is 115 Å². The maximum absolute atomic E-state index is 12.1. The van der Waals surface area contributed by atoms with Gasteiger partial charge in [0.05, 0.1) is 5.69 Å². The summed E-state index contributed by atoms with van der Waals surface area (Å²) in [6.45, 7) is 1.95. The minimum Gasteiger partial charge on any atom is -0.398 e. The molecule has 1 aromatic carbocycles. The highest BCUT2D eigenvalue weighted by atomic mass is 32.2. The number of amides is 1. The second kappa shape index (κ2) is 6.53. The number of primary amides is 1. The van der Waals surface area contributed by atoms with Gasteiger partial charge in [0.15, 0.2) is 0 Å². The van der Waals surface area contributed by atoms with E-state index in [-0.39, 0.29) is 29.5 Å². The first kappa shape index (κ1) is 15.5. The fourth-order valence-electron chi connectivity index (χ4n) is 1.75. The summed E-state index contributed by atoms with van der Waals surface area (Å²) in [6, 6.07) is 4.95. The Morgan fingerprint density at radius 3 is 2.58 bits per heavy atom. The largest absolute Gasteiger partial charge is 0.398 e. The molecule has 0 saturated carbocycles. The van der Waals surface area contributed by atoms with Gasteiger partial charge < -0.3 is 11.5 Å². The van der Waals surface area contributed by atoms with Crippen LogP contribution in [0.15, 0.2) is 23.1 Å². The van der Waals surface area contributed by atoms with Gasteiger partial charge in [-0.2, -0.15) is 0 Å². The maximum Gasteiger partial charge on any atom is 0.242 e. The Kier molecular flexibility index (Phi) is 5.31. The van der Waals surface area contributed by atoms with Crippen molar-refractivity contribution in [1.82, 2.24) is 4.72 Å². The van der Waals surface area contributed by atoms with Gasteiger partial charge in [0.2, 0.25) is 15.9 Å². The molecule has 0 saturated heterocycles. The molecule has 0 aromatic heterocycles. The predicted molar refractivity (Wildman–Crippen MR) is 73.8 cm³/mol. The summed E-state index contributed by atoms with van der Waals surface area (Å²) in [5.41, 5.74) is 11.5. The van der Waals surface area contributed by atoms with E-state index >= 15 is 0 Å². The third kappa shape index (κ3) is 4.53. The molecule has 19 heavy (non-hydrogen) atoms. The molecule has 0 radical (unpaired) electrons. The number of carbonyl (C=O) groups excluding carboxylic acids is 1. The van der Waals surface area contributed by atoms with Crippen molar-refractivity contribution in [3.8, 4) is 0 Å². The number of unbranched alkanes of at least 4 members (excludes halogenated alkanes) is 1. The van der Waals surface area contributed by atoms with Crippen LogP contribution in [-0.2, 0) is 14.8 Å². The molecule has 1 rings (SSSR count). The number of hydrogen-bond acceptors (Lipinski definition) is 4. The lowest BCUT2D eigenvalue weighted by atomic mass is 10.2. The fraction of sp³-hybridized carbons (Fsp3) is 0.417. The van der Waals surface area contributed by atoms with Crippen LogP contribution in [0.4, 0.5) is 5.69 Å². The summed E-state index contributed by atoms with van der Waals surface area (Å²) in [7, 11) is -3.61. The summed E-state index contributed by atoms with van der Waals surface area (Å²) in [6.07, 6.45) is 1.36. The molecule has 0 aliphatic carbocycles. The minimum atomic E-state index is -3.61. The van der Waals surface area contributed by atoms with Crippen LogP contribution in [0.5, 0.6) is 0 Å². The lowest BCUT2D eigenvalue weighted by Gasteiger charge is -2.11. The molecule has 106 valence electrons. The summed E-state index contributed by atoms with van der Waals surface area (Å²) in [5.74, 6) is -0.383. The summed E-state index contributed by atoms with van der Waals surface area (Å²) in [5, 5.41) is 0. The molecule has 5 N–H and O–H groups in total. The highest BCUT2D eigenvalue weighted by Gasteiger charge is 2.18. The van der Waals surface area contributed by atoms with Crippen LogP contribution >= 0.6 is 0 Å². The zero-order valence-corrected chi connectivity index (χ0v) is 11.7. The highest BCUT2D eigenvalue weighted by molar-refractivity contribution is 7.89. The third-order valence-corrected chi connectivity index (χ3v) is 4.33. The molecule has 0 aliphatic heterocycles. The second-order valence-electron chi connectivity index (χ2n) is 4.31. The lowest BCUT2D eigenvalue weighted by molar-refractivity contribution is -0.118. The molecule has 0 unspecified atom stereocenters. The molecule has 1 amide bonds. The van der Waals surface area contributed by atoms with Gasteiger partial charge in [0.1, 0.15) is 4.90 Å². The van der Waals surface area contributed by atoms with Crippen LogP contribution in [0.3, 0.4) is 0 Å². The van der Waals surface area contributed by atoms with Gasteiger partial charge in [-0.05, 0) is 31.4 Å². The zero-order valence-electron chi connectivity index (χ0n) is 10.8. The summed E-state index contributed by atoms with van der Waals surface area (Å²) >= 11 is 0. The predicted octanol–water partition coefficient (Wildman–Crippen LogP) is 0.511. The monoisotopic (exact) mass is 285 g/mol. The number of nitrogens with one attached hydrogen (secondary N) is 1. The van der Waals surface area contributed by atoms with Gasteiger partial charge in [0.25, 0.3) is 0 Å². The van der Waals surface area contributed by atoms with Crippen molar-refractivity contribution in [2.75, 3.05) is 12.3 Å². The Labute approximate surface area is 113 Å². The quantitative estimate of drug-likeness (QED) is 0.500.